The van der Waals surface area contributed by atoms with E-state index in [1.54, 1.807) is 17.5 Å². The molecular weight excluding hydrogens is 294 g/mol. The van der Waals surface area contributed by atoms with Crippen LogP contribution < -0.4 is 10.6 Å². The van der Waals surface area contributed by atoms with Crippen molar-refractivity contribution in [2.75, 3.05) is 17.7 Å². The molecule has 1 aromatic carbocycles. The van der Waals surface area contributed by atoms with Crippen molar-refractivity contribution in [1.82, 2.24) is 4.98 Å². The Morgan fingerprint density at radius 3 is 2.52 bits per heavy atom. The minimum absolute atomic E-state index is 0.162. The fourth-order valence-corrected chi connectivity index (χ4v) is 2.02. The highest BCUT2D eigenvalue weighted by atomic mass is 32.1. The fourth-order valence-electron chi connectivity index (χ4n) is 1.50. The van der Waals surface area contributed by atoms with E-state index in [2.05, 4.69) is 20.4 Å². The minimum atomic E-state index is -0.901. The minimum Gasteiger partial charge on any atom is -0.465 e. The van der Waals surface area contributed by atoms with Gasteiger partial charge in [-0.3, -0.25) is 14.9 Å². The fraction of sp³-hybridized carbons (Fsp3) is 0.0769. The van der Waals surface area contributed by atoms with Crippen molar-refractivity contribution in [3.8, 4) is 0 Å². The normalized spacial score (nSPS) is 9.76. The molecule has 0 unspecified atom stereocenters. The van der Waals surface area contributed by atoms with Crippen LogP contribution in [-0.2, 0) is 14.3 Å². The highest BCUT2D eigenvalue weighted by Crippen LogP contribution is 2.16. The smallest absolute Gasteiger partial charge is 0.339 e. The molecule has 0 fully saturated rings. The van der Waals surface area contributed by atoms with Gasteiger partial charge in [-0.05, 0) is 12.1 Å². The lowest BCUT2D eigenvalue weighted by Gasteiger charge is -2.08. The first-order valence-electron chi connectivity index (χ1n) is 5.81. The molecule has 0 aliphatic heterocycles. The number of nitrogens with one attached hydrogen (secondary N) is 2. The summed E-state index contributed by atoms with van der Waals surface area (Å²) in [4.78, 5) is 38.9. The second-order valence-electron chi connectivity index (χ2n) is 3.78. The van der Waals surface area contributed by atoms with Crippen LogP contribution in [0.5, 0.6) is 0 Å². The molecule has 2 rings (SSSR count). The first-order chi connectivity index (χ1) is 10.1. The molecule has 0 saturated carbocycles. The number of rotatable bonds is 3. The van der Waals surface area contributed by atoms with Crippen molar-refractivity contribution < 1.29 is 19.1 Å². The number of hydrogen-bond acceptors (Lipinski definition) is 6. The van der Waals surface area contributed by atoms with Gasteiger partial charge in [-0.1, -0.05) is 12.1 Å². The predicted octanol–water partition coefficient (Wildman–Crippen LogP) is 1.51. The molecule has 1 aromatic heterocycles. The molecule has 0 bridgehead atoms. The zero-order valence-corrected chi connectivity index (χ0v) is 11.8. The SMILES string of the molecule is COC(=O)c1ccccc1NC(=O)C(=O)Nc1nccs1. The summed E-state index contributed by atoms with van der Waals surface area (Å²) in [6.07, 6.45) is 1.50. The topological polar surface area (TPSA) is 97.4 Å². The Kier molecular flexibility index (Phi) is 4.62. The third-order valence-corrected chi connectivity index (χ3v) is 3.13. The van der Waals surface area contributed by atoms with Crippen LogP contribution in [0.3, 0.4) is 0 Å². The summed E-state index contributed by atoms with van der Waals surface area (Å²) in [5.41, 5.74) is 0.360. The lowest BCUT2D eigenvalue weighted by Crippen LogP contribution is -2.29. The highest BCUT2D eigenvalue weighted by Gasteiger charge is 2.18. The average molecular weight is 305 g/mol. The second kappa shape index (κ2) is 6.62. The molecule has 0 aliphatic carbocycles. The summed E-state index contributed by atoms with van der Waals surface area (Å²) in [5, 5.41) is 6.69. The van der Waals surface area contributed by atoms with Gasteiger partial charge in [0.25, 0.3) is 0 Å². The van der Waals surface area contributed by atoms with Gasteiger partial charge in [0.1, 0.15) is 0 Å². The number of esters is 1. The number of ether oxygens (including phenoxy) is 1. The molecule has 2 N–H and O–H groups in total. The van der Waals surface area contributed by atoms with Crippen LogP contribution in [0.1, 0.15) is 10.4 Å². The van der Waals surface area contributed by atoms with Gasteiger partial charge < -0.3 is 10.1 Å². The monoisotopic (exact) mass is 305 g/mol. The number of hydrogen-bond donors (Lipinski definition) is 2. The number of thiazole rings is 1. The quantitative estimate of drug-likeness (QED) is 0.661. The lowest BCUT2D eigenvalue weighted by atomic mass is 10.2. The average Bonchev–Trinajstić information content (AvgIpc) is 2.99. The third kappa shape index (κ3) is 3.63. The van der Waals surface area contributed by atoms with Crippen molar-refractivity contribution >= 4 is 39.9 Å². The van der Waals surface area contributed by atoms with Crippen LogP contribution in [-0.4, -0.2) is 29.9 Å². The Balaban J connectivity index is 2.09. The first kappa shape index (κ1) is 14.7. The molecular formula is C13H11N3O4S. The Morgan fingerprint density at radius 1 is 1.14 bits per heavy atom. The number of carbonyl (C=O) groups excluding carboxylic acids is 3. The van der Waals surface area contributed by atoms with Gasteiger partial charge in [-0.25, -0.2) is 9.78 Å². The number of benzene rings is 1. The molecule has 2 aromatic rings. The maximum Gasteiger partial charge on any atom is 0.339 e. The Labute approximate surface area is 124 Å². The molecule has 108 valence electrons. The molecule has 0 aliphatic rings. The Bertz CT molecular complexity index is 670. The van der Waals surface area contributed by atoms with Gasteiger partial charge in [0.2, 0.25) is 0 Å². The van der Waals surface area contributed by atoms with E-state index in [-0.39, 0.29) is 11.3 Å². The van der Waals surface area contributed by atoms with E-state index in [0.717, 1.165) is 0 Å². The second-order valence-corrected chi connectivity index (χ2v) is 4.68. The molecule has 8 heteroatoms. The molecule has 2 amide bonds. The van der Waals surface area contributed by atoms with Crippen LogP contribution in [0, 0.1) is 0 Å². The van der Waals surface area contributed by atoms with Crippen LogP contribution in [0.2, 0.25) is 0 Å². The Morgan fingerprint density at radius 2 is 1.86 bits per heavy atom. The number of para-hydroxylation sites is 1. The van der Waals surface area contributed by atoms with Gasteiger partial charge in [0, 0.05) is 11.6 Å². The molecule has 21 heavy (non-hydrogen) atoms. The largest absolute Gasteiger partial charge is 0.465 e. The molecule has 0 atom stereocenters. The summed E-state index contributed by atoms with van der Waals surface area (Å²) in [5.74, 6) is -2.38. The van der Waals surface area contributed by atoms with Gasteiger partial charge >= 0.3 is 17.8 Å². The number of methoxy groups -OCH3 is 1. The van der Waals surface area contributed by atoms with E-state index in [0.29, 0.717) is 5.13 Å². The number of aromatic nitrogens is 1. The van der Waals surface area contributed by atoms with E-state index in [4.69, 9.17) is 0 Å². The predicted molar refractivity (Wildman–Crippen MR) is 77.2 cm³/mol. The number of amides is 2. The summed E-state index contributed by atoms with van der Waals surface area (Å²) in [6.45, 7) is 0. The van der Waals surface area contributed by atoms with E-state index in [9.17, 15) is 14.4 Å². The van der Waals surface area contributed by atoms with Crippen LogP contribution in [0.25, 0.3) is 0 Å². The lowest BCUT2D eigenvalue weighted by molar-refractivity contribution is -0.133. The van der Waals surface area contributed by atoms with Gasteiger partial charge in [0.05, 0.1) is 18.4 Å². The summed E-state index contributed by atoms with van der Waals surface area (Å²) < 4.78 is 4.61. The maximum absolute atomic E-state index is 11.8. The molecule has 7 nitrogen and oxygen atoms in total. The maximum atomic E-state index is 11.8. The molecule has 0 saturated heterocycles. The number of nitrogens with zero attached hydrogens (tertiary/aromatic N) is 1. The zero-order valence-electron chi connectivity index (χ0n) is 11.0. The van der Waals surface area contributed by atoms with E-state index < -0.39 is 17.8 Å². The number of anilines is 2. The van der Waals surface area contributed by atoms with E-state index in [1.165, 1.54) is 36.8 Å². The van der Waals surface area contributed by atoms with Crippen molar-refractivity contribution in [2.24, 2.45) is 0 Å². The van der Waals surface area contributed by atoms with Crippen molar-refractivity contribution in [3.63, 3.8) is 0 Å². The zero-order chi connectivity index (χ0) is 15.2. The molecule has 0 spiro atoms. The van der Waals surface area contributed by atoms with Crippen LogP contribution in [0.15, 0.2) is 35.8 Å². The van der Waals surface area contributed by atoms with E-state index in [1.807, 2.05) is 0 Å². The summed E-state index contributed by atoms with van der Waals surface area (Å²) in [7, 11) is 1.23. The van der Waals surface area contributed by atoms with Crippen LogP contribution >= 0.6 is 11.3 Å². The van der Waals surface area contributed by atoms with Crippen molar-refractivity contribution in [3.05, 3.63) is 41.4 Å². The number of carbonyl (C=O) groups is 3. The van der Waals surface area contributed by atoms with Gasteiger partial charge in [-0.15, -0.1) is 11.3 Å². The first-order valence-corrected chi connectivity index (χ1v) is 6.69. The summed E-state index contributed by atoms with van der Waals surface area (Å²) >= 11 is 1.19. The Hall–Kier alpha value is -2.74. The van der Waals surface area contributed by atoms with Crippen LogP contribution in [0.4, 0.5) is 10.8 Å². The molecule has 0 radical (unpaired) electrons. The standard InChI is InChI=1S/C13H11N3O4S/c1-20-12(19)8-4-2-3-5-9(8)15-10(17)11(18)16-13-14-6-7-21-13/h2-7H,1H3,(H,15,17)(H,14,16,18). The van der Waals surface area contributed by atoms with E-state index >= 15 is 0 Å². The summed E-state index contributed by atoms with van der Waals surface area (Å²) in [6, 6.07) is 6.24. The molecule has 1 heterocycles. The highest BCUT2D eigenvalue weighted by molar-refractivity contribution is 7.13. The third-order valence-electron chi connectivity index (χ3n) is 2.44. The van der Waals surface area contributed by atoms with Crippen molar-refractivity contribution in [1.29, 1.82) is 0 Å². The van der Waals surface area contributed by atoms with Gasteiger partial charge in [0.15, 0.2) is 5.13 Å². The van der Waals surface area contributed by atoms with Crippen molar-refractivity contribution in [2.45, 2.75) is 0 Å². The van der Waals surface area contributed by atoms with Gasteiger partial charge in [-0.2, -0.15) is 0 Å².